The molecule has 1 aliphatic rings. The van der Waals surface area contributed by atoms with Crippen molar-refractivity contribution in [2.45, 2.75) is 18.8 Å². The van der Waals surface area contributed by atoms with Crippen LogP contribution in [0.3, 0.4) is 0 Å². The lowest BCUT2D eigenvalue weighted by molar-refractivity contribution is 0.259. The Kier molecular flexibility index (Phi) is 1.93. The van der Waals surface area contributed by atoms with Crippen LogP contribution in [0, 0.1) is 0 Å². The molecule has 68 valence electrons. The molecule has 0 unspecified atom stereocenters. The van der Waals surface area contributed by atoms with E-state index in [1.165, 1.54) is 18.4 Å². The summed E-state index contributed by atoms with van der Waals surface area (Å²) in [5, 5.41) is 2.53. The smallest absolute Gasteiger partial charge is 0.316 e. The fourth-order valence-electron chi connectivity index (χ4n) is 1.40. The zero-order chi connectivity index (χ0) is 9.26. The van der Waals surface area contributed by atoms with Gasteiger partial charge >= 0.3 is 6.03 Å². The third-order valence-electron chi connectivity index (χ3n) is 2.23. The lowest BCUT2D eigenvalue weighted by atomic mass is 10.1. The summed E-state index contributed by atoms with van der Waals surface area (Å²) in [5.74, 6) is 0.752. The lowest BCUT2D eigenvalue weighted by Gasteiger charge is -2.02. The number of urea groups is 1. The number of carbonyl (C=O) groups excluding carboxylic acids is 1. The van der Waals surface area contributed by atoms with Crippen LogP contribution < -0.4 is 11.1 Å². The van der Waals surface area contributed by atoms with Crippen LogP contribution in [0.1, 0.15) is 24.3 Å². The Balaban J connectivity index is 2.08. The van der Waals surface area contributed by atoms with Gasteiger partial charge in [0.05, 0.1) is 0 Å². The molecule has 1 saturated carbocycles. The Labute approximate surface area is 76.9 Å². The average Bonchev–Trinajstić information content (AvgIpc) is 2.87. The van der Waals surface area contributed by atoms with E-state index in [1.54, 1.807) is 0 Å². The molecule has 0 bridgehead atoms. The highest BCUT2D eigenvalue weighted by atomic mass is 16.2. The lowest BCUT2D eigenvalue weighted by Crippen LogP contribution is -2.19. The fraction of sp³-hybridized carbons (Fsp3) is 0.300. The molecule has 1 aromatic carbocycles. The Morgan fingerprint density at radius 1 is 1.31 bits per heavy atom. The molecule has 1 fully saturated rings. The van der Waals surface area contributed by atoms with Gasteiger partial charge in [-0.3, -0.25) is 0 Å². The summed E-state index contributed by atoms with van der Waals surface area (Å²) in [6, 6.07) is 7.35. The van der Waals surface area contributed by atoms with Gasteiger partial charge in [-0.05, 0) is 36.5 Å². The second kappa shape index (κ2) is 3.09. The predicted molar refractivity (Wildman–Crippen MR) is 51.6 cm³/mol. The number of rotatable bonds is 2. The van der Waals surface area contributed by atoms with E-state index < -0.39 is 6.03 Å². The molecule has 1 aromatic rings. The minimum absolute atomic E-state index is 0.515. The Bertz CT molecular complexity index is 314. The first-order chi connectivity index (χ1) is 6.25. The Hall–Kier alpha value is -1.51. The van der Waals surface area contributed by atoms with Gasteiger partial charge in [0.25, 0.3) is 0 Å². The molecular weight excluding hydrogens is 164 g/mol. The quantitative estimate of drug-likeness (QED) is 0.712. The van der Waals surface area contributed by atoms with Crippen molar-refractivity contribution in [1.82, 2.24) is 0 Å². The van der Waals surface area contributed by atoms with Crippen LogP contribution in [0.25, 0.3) is 0 Å². The summed E-state index contributed by atoms with van der Waals surface area (Å²) in [6.07, 6.45) is 2.59. The zero-order valence-electron chi connectivity index (χ0n) is 7.29. The van der Waals surface area contributed by atoms with Crippen LogP contribution in [-0.2, 0) is 0 Å². The van der Waals surface area contributed by atoms with Gasteiger partial charge in [-0.1, -0.05) is 12.1 Å². The van der Waals surface area contributed by atoms with Crippen molar-refractivity contribution < 1.29 is 4.79 Å². The first-order valence-corrected chi connectivity index (χ1v) is 4.42. The van der Waals surface area contributed by atoms with Gasteiger partial charge in [0.2, 0.25) is 0 Å². The predicted octanol–water partition coefficient (Wildman–Crippen LogP) is 2.05. The van der Waals surface area contributed by atoms with Gasteiger partial charge in [0.15, 0.2) is 0 Å². The number of anilines is 1. The Morgan fingerprint density at radius 2 is 1.92 bits per heavy atom. The molecule has 1 aliphatic carbocycles. The third-order valence-corrected chi connectivity index (χ3v) is 2.23. The number of primary amides is 1. The monoisotopic (exact) mass is 176 g/mol. The molecule has 3 nitrogen and oxygen atoms in total. The van der Waals surface area contributed by atoms with E-state index in [1.807, 2.05) is 24.3 Å². The third kappa shape index (κ3) is 1.99. The van der Waals surface area contributed by atoms with Crippen molar-refractivity contribution in [3.05, 3.63) is 29.8 Å². The number of nitrogens with two attached hydrogens (primary N) is 1. The van der Waals surface area contributed by atoms with Crippen molar-refractivity contribution >= 4 is 11.7 Å². The van der Waals surface area contributed by atoms with Crippen LogP contribution in [0.4, 0.5) is 10.5 Å². The number of hydrogen-bond acceptors (Lipinski definition) is 1. The molecule has 2 rings (SSSR count). The van der Waals surface area contributed by atoms with E-state index in [0.717, 1.165) is 11.6 Å². The SMILES string of the molecule is NC(=O)Nc1ccc(C2CC2)cc1. The number of nitrogens with one attached hydrogen (secondary N) is 1. The zero-order valence-corrected chi connectivity index (χ0v) is 7.29. The number of amides is 2. The van der Waals surface area contributed by atoms with Gasteiger partial charge < -0.3 is 11.1 Å². The second-order valence-corrected chi connectivity index (χ2v) is 3.39. The highest BCUT2D eigenvalue weighted by molar-refractivity contribution is 5.87. The van der Waals surface area contributed by atoms with Crippen LogP contribution in [0.2, 0.25) is 0 Å². The summed E-state index contributed by atoms with van der Waals surface area (Å²) in [7, 11) is 0. The van der Waals surface area contributed by atoms with Crippen LogP contribution >= 0.6 is 0 Å². The summed E-state index contributed by atoms with van der Waals surface area (Å²) < 4.78 is 0. The summed E-state index contributed by atoms with van der Waals surface area (Å²) in [5.41, 5.74) is 7.10. The highest BCUT2D eigenvalue weighted by Gasteiger charge is 2.22. The van der Waals surface area contributed by atoms with Crippen molar-refractivity contribution in [3.8, 4) is 0 Å². The van der Waals surface area contributed by atoms with Crippen LogP contribution in [0.5, 0.6) is 0 Å². The molecule has 13 heavy (non-hydrogen) atoms. The molecule has 2 amide bonds. The molecule has 0 aliphatic heterocycles. The Morgan fingerprint density at radius 3 is 2.38 bits per heavy atom. The second-order valence-electron chi connectivity index (χ2n) is 3.39. The number of hydrogen-bond donors (Lipinski definition) is 2. The van der Waals surface area contributed by atoms with Gasteiger partial charge in [0.1, 0.15) is 0 Å². The van der Waals surface area contributed by atoms with Crippen molar-refractivity contribution in [3.63, 3.8) is 0 Å². The molecule has 3 heteroatoms. The first-order valence-electron chi connectivity index (χ1n) is 4.42. The molecule has 3 N–H and O–H groups in total. The van der Waals surface area contributed by atoms with Gasteiger partial charge in [0, 0.05) is 5.69 Å². The van der Waals surface area contributed by atoms with Gasteiger partial charge in [-0.15, -0.1) is 0 Å². The topological polar surface area (TPSA) is 55.1 Å². The maximum absolute atomic E-state index is 10.5. The minimum Gasteiger partial charge on any atom is -0.351 e. The summed E-state index contributed by atoms with van der Waals surface area (Å²) in [6.45, 7) is 0. The maximum Gasteiger partial charge on any atom is 0.316 e. The molecule has 0 heterocycles. The van der Waals surface area contributed by atoms with E-state index >= 15 is 0 Å². The average molecular weight is 176 g/mol. The van der Waals surface area contributed by atoms with Gasteiger partial charge in [-0.25, -0.2) is 4.79 Å². The van der Waals surface area contributed by atoms with E-state index in [2.05, 4.69) is 5.32 Å². The molecule has 0 spiro atoms. The molecule has 0 saturated heterocycles. The van der Waals surface area contributed by atoms with Crippen molar-refractivity contribution in [2.75, 3.05) is 5.32 Å². The summed E-state index contributed by atoms with van der Waals surface area (Å²) in [4.78, 5) is 10.5. The number of carbonyl (C=O) groups is 1. The largest absolute Gasteiger partial charge is 0.351 e. The van der Waals surface area contributed by atoms with Crippen LogP contribution in [0.15, 0.2) is 24.3 Å². The molecule has 0 aromatic heterocycles. The molecule has 0 atom stereocenters. The summed E-state index contributed by atoms with van der Waals surface area (Å²) >= 11 is 0. The highest BCUT2D eigenvalue weighted by Crippen LogP contribution is 2.40. The standard InChI is InChI=1S/C10H12N2O/c11-10(13)12-9-5-3-8(4-6-9)7-1-2-7/h3-7H,1-2H2,(H3,11,12,13). The minimum atomic E-state index is -0.515. The van der Waals surface area contributed by atoms with Crippen molar-refractivity contribution in [1.29, 1.82) is 0 Å². The van der Waals surface area contributed by atoms with E-state index in [-0.39, 0.29) is 0 Å². The van der Waals surface area contributed by atoms with E-state index in [4.69, 9.17) is 5.73 Å². The molecule has 0 radical (unpaired) electrons. The maximum atomic E-state index is 10.5. The van der Waals surface area contributed by atoms with Crippen LogP contribution in [-0.4, -0.2) is 6.03 Å². The fourth-order valence-corrected chi connectivity index (χ4v) is 1.40. The normalized spacial score (nSPS) is 15.4. The number of benzene rings is 1. The van der Waals surface area contributed by atoms with Crippen molar-refractivity contribution in [2.24, 2.45) is 5.73 Å². The van der Waals surface area contributed by atoms with E-state index in [0.29, 0.717) is 0 Å². The first kappa shape index (κ1) is 8.10. The van der Waals surface area contributed by atoms with Gasteiger partial charge in [-0.2, -0.15) is 0 Å². The molecular formula is C10H12N2O. The van der Waals surface area contributed by atoms with E-state index in [9.17, 15) is 4.79 Å².